The Hall–Kier alpha value is -3.87. The average molecular weight is 493 g/mol. The normalized spacial score (nSPS) is 12.2. The Balaban J connectivity index is 3.06. The lowest BCUT2D eigenvalue weighted by Gasteiger charge is -2.29. The molecule has 2 aromatic rings. The number of ether oxygens (including phenoxy) is 2. The van der Waals surface area contributed by atoms with Gasteiger partial charge in [0, 0.05) is 26.2 Å². The van der Waals surface area contributed by atoms with E-state index in [1.54, 1.807) is 0 Å². The summed E-state index contributed by atoms with van der Waals surface area (Å²) in [6, 6.07) is 18.4. The van der Waals surface area contributed by atoms with Crippen molar-refractivity contribution in [1.82, 2.24) is 9.80 Å². The molecule has 0 aliphatic heterocycles. The molecule has 36 heavy (non-hydrogen) atoms. The Morgan fingerprint density at radius 2 is 0.889 bits per heavy atom. The van der Waals surface area contributed by atoms with Crippen molar-refractivity contribution >= 4 is 29.1 Å². The Kier molecular flexibility index (Phi) is 10.9. The molecule has 2 aromatic carbocycles. The lowest BCUT2D eigenvalue weighted by atomic mass is 9.93. The largest absolute Gasteiger partial charge is 0.465 e. The predicted molar refractivity (Wildman–Crippen MR) is 142 cm³/mol. The number of Topliss-reactive ketones (excluding diaryl/α,β-unsaturated/α-hetero) is 1. The minimum atomic E-state index is -0.820. The molecule has 0 aromatic heterocycles. The van der Waals surface area contributed by atoms with Crippen molar-refractivity contribution < 1.29 is 23.9 Å². The van der Waals surface area contributed by atoms with E-state index in [0.29, 0.717) is 48.7 Å². The highest BCUT2D eigenvalue weighted by Crippen LogP contribution is 2.31. The maximum absolute atomic E-state index is 14.4. The number of esters is 2. The van der Waals surface area contributed by atoms with Gasteiger partial charge in [0.1, 0.15) is 11.1 Å². The summed E-state index contributed by atoms with van der Waals surface area (Å²) in [4.78, 5) is 44.7. The maximum atomic E-state index is 14.4. The van der Waals surface area contributed by atoms with Crippen molar-refractivity contribution in [2.75, 3.05) is 40.4 Å². The van der Waals surface area contributed by atoms with Crippen LogP contribution in [0.1, 0.15) is 38.8 Å². The zero-order chi connectivity index (χ0) is 26.7. The van der Waals surface area contributed by atoms with Gasteiger partial charge in [-0.2, -0.15) is 0 Å². The molecule has 0 heterocycles. The van der Waals surface area contributed by atoms with E-state index in [1.165, 1.54) is 14.2 Å². The van der Waals surface area contributed by atoms with Crippen molar-refractivity contribution in [2.24, 2.45) is 0 Å². The van der Waals surface area contributed by atoms with Crippen LogP contribution in [0, 0.1) is 0 Å². The van der Waals surface area contributed by atoms with Crippen LogP contribution in [-0.2, 0) is 23.9 Å². The Bertz CT molecular complexity index is 1010. The van der Waals surface area contributed by atoms with Gasteiger partial charge in [0.25, 0.3) is 0 Å². The SMILES string of the molecule is CCN(CC)C(=C(C(=O)OC)C(=O)C(C(=O)OC)=C(c1ccccc1)N(CC)CC)c1ccccc1. The summed E-state index contributed by atoms with van der Waals surface area (Å²) in [6.07, 6.45) is 0. The fourth-order valence-electron chi connectivity index (χ4n) is 4.16. The summed E-state index contributed by atoms with van der Waals surface area (Å²) >= 11 is 0. The number of ketones is 1. The smallest absolute Gasteiger partial charge is 0.344 e. The Morgan fingerprint density at radius 3 is 1.14 bits per heavy atom. The van der Waals surface area contributed by atoms with Gasteiger partial charge in [-0.05, 0) is 38.8 Å². The van der Waals surface area contributed by atoms with Crippen LogP contribution in [0.5, 0.6) is 0 Å². The van der Waals surface area contributed by atoms with E-state index < -0.39 is 17.7 Å². The standard InChI is InChI=1S/C29H36N2O5/c1-7-30(8-2)25(21-17-13-11-14-18-21)23(28(33)35-5)27(32)24(29(34)36-6)26(31(9-3)10-4)22-19-15-12-16-20-22/h11-20H,7-10H2,1-6H3. The quantitative estimate of drug-likeness (QED) is 0.188. The van der Waals surface area contributed by atoms with E-state index in [4.69, 9.17) is 9.47 Å². The lowest BCUT2D eigenvalue weighted by Crippen LogP contribution is -2.32. The van der Waals surface area contributed by atoms with Crippen molar-refractivity contribution in [3.63, 3.8) is 0 Å². The van der Waals surface area contributed by atoms with Gasteiger partial charge in [-0.1, -0.05) is 60.7 Å². The van der Waals surface area contributed by atoms with E-state index in [0.717, 1.165) is 0 Å². The van der Waals surface area contributed by atoms with Crippen LogP contribution < -0.4 is 0 Å². The molecule has 0 amide bonds. The molecule has 2 rings (SSSR count). The van der Waals surface area contributed by atoms with Crippen LogP contribution in [0.4, 0.5) is 0 Å². The first kappa shape index (κ1) is 28.4. The number of hydrogen-bond acceptors (Lipinski definition) is 7. The van der Waals surface area contributed by atoms with Crippen LogP contribution in [0.2, 0.25) is 0 Å². The second-order valence-electron chi connectivity index (χ2n) is 7.84. The number of nitrogens with zero attached hydrogens (tertiary/aromatic N) is 2. The molecule has 0 atom stereocenters. The first-order valence-electron chi connectivity index (χ1n) is 12.2. The maximum Gasteiger partial charge on any atom is 0.344 e. The van der Waals surface area contributed by atoms with Gasteiger partial charge >= 0.3 is 11.9 Å². The fraction of sp³-hybridized carbons (Fsp3) is 0.345. The van der Waals surface area contributed by atoms with Crippen LogP contribution in [0.3, 0.4) is 0 Å². The van der Waals surface area contributed by atoms with Crippen LogP contribution >= 0.6 is 0 Å². The molecule has 7 nitrogen and oxygen atoms in total. The first-order valence-corrected chi connectivity index (χ1v) is 12.2. The van der Waals surface area contributed by atoms with Gasteiger partial charge in [0.2, 0.25) is 5.78 Å². The monoisotopic (exact) mass is 492 g/mol. The van der Waals surface area contributed by atoms with E-state index in [1.807, 2.05) is 98.2 Å². The fourth-order valence-corrected chi connectivity index (χ4v) is 4.16. The molecule has 0 unspecified atom stereocenters. The van der Waals surface area contributed by atoms with Crippen molar-refractivity contribution in [2.45, 2.75) is 27.7 Å². The highest BCUT2D eigenvalue weighted by molar-refractivity contribution is 6.37. The summed E-state index contributed by atoms with van der Waals surface area (Å²) < 4.78 is 10.2. The number of rotatable bonds is 12. The molecule has 0 spiro atoms. The average Bonchev–Trinajstić information content (AvgIpc) is 2.93. The number of benzene rings is 2. The molecular formula is C29H36N2O5. The summed E-state index contributed by atoms with van der Waals surface area (Å²) in [5.41, 5.74) is 1.73. The molecule has 0 aliphatic rings. The predicted octanol–water partition coefficient (Wildman–Crippen LogP) is 4.41. The summed E-state index contributed by atoms with van der Waals surface area (Å²) in [6.45, 7) is 9.89. The molecule has 0 aliphatic carbocycles. The number of methoxy groups -OCH3 is 2. The third kappa shape index (κ3) is 6.22. The molecule has 0 radical (unpaired) electrons. The van der Waals surface area contributed by atoms with E-state index in [2.05, 4.69) is 0 Å². The van der Waals surface area contributed by atoms with E-state index in [-0.39, 0.29) is 11.1 Å². The lowest BCUT2D eigenvalue weighted by molar-refractivity contribution is -0.138. The van der Waals surface area contributed by atoms with Gasteiger partial charge in [0.05, 0.1) is 25.6 Å². The van der Waals surface area contributed by atoms with E-state index in [9.17, 15) is 14.4 Å². The van der Waals surface area contributed by atoms with E-state index >= 15 is 0 Å². The van der Waals surface area contributed by atoms with Gasteiger partial charge in [-0.25, -0.2) is 9.59 Å². The number of carbonyl (C=O) groups is 3. The highest BCUT2D eigenvalue weighted by Gasteiger charge is 2.36. The van der Waals surface area contributed by atoms with Crippen LogP contribution in [-0.4, -0.2) is 67.9 Å². The van der Waals surface area contributed by atoms with Gasteiger partial charge < -0.3 is 19.3 Å². The van der Waals surface area contributed by atoms with Gasteiger partial charge in [-0.3, -0.25) is 4.79 Å². The third-order valence-corrected chi connectivity index (χ3v) is 5.96. The zero-order valence-corrected chi connectivity index (χ0v) is 22.0. The second kappa shape index (κ2) is 13.9. The molecule has 192 valence electrons. The first-order chi connectivity index (χ1) is 17.4. The molecule has 0 N–H and O–H groups in total. The van der Waals surface area contributed by atoms with Crippen LogP contribution in [0.15, 0.2) is 71.8 Å². The minimum absolute atomic E-state index is 0.214. The second-order valence-corrected chi connectivity index (χ2v) is 7.84. The van der Waals surface area contributed by atoms with Crippen LogP contribution in [0.25, 0.3) is 11.4 Å². The van der Waals surface area contributed by atoms with Crippen molar-refractivity contribution in [3.8, 4) is 0 Å². The van der Waals surface area contributed by atoms with Crippen molar-refractivity contribution in [1.29, 1.82) is 0 Å². The van der Waals surface area contributed by atoms with Gasteiger partial charge in [-0.15, -0.1) is 0 Å². The molecule has 0 fully saturated rings. The molecule has 0 saturated carbocycles. The molecular weight excluding hydrogens is 456 g/mol. The Morgan fingerprint density at radius 1 is 0.583 bits per heavy atom. The summed E-state index contributed by atoms with van der Waals surface area (Å²) in [5, 5.41) is 0. The Labute approximate surface area is 214 Å². The zero-order valence-electron chi connectivity index (χ0n) is 22.0. The number of hydrogen-bond donors (Lipinski definition) is 0. The summed E-state index contributed by atoms with van der Waals surface area (Å²) in [5.74, 6) is -2.39. The molecule has 0 saturated heterocycles. The van der Waals surface area contributed by atoms with Gasteiger partial charge in [0.15, 0.2) is 0 Å². The molecule has 0 bridgehead atoms. The summed E-state index contributed by atoms with van der Waals surface area (Å²) in [7, 11) is 2.45. The topological polar surface area (TPSA) is 76.1 Å². The highest BCUT2D eigenvalue weighted by atomic mass is 16.5. The molecule has 7 heteroatoms. The number of carbonyl (C=O) groups excluding carboxylic acids is 3. The van der Waals surface area contributed by atoms with Crippen molar-refractivity contribution in [3.05, 3.63) is 82.9 Å². The third-order valence-electron chi connectivity index (χ3n) is 5.96. The minimum Gasteiger partial charge on any atom is -0.465 e.